The van der Waals surface area contributed by atoms with E-state index in [0.29, 0.717) is 11.0 Å². The van der Waals surface area contributed by atoms with Crippen LogP contribution in [-0.4, -0.2) is 23.3 Å². The fraction of sp³-hybridized carbons (Fsp3) is 0.0476. The largest absolute Gasteiger partial charge is 0.455 e. The Kier molecular flexibility index (Phi) is 4.67. The van der Waals surface area contributed by atoms with Crippen LogP contribution in [0.4, 0.5) is 0 Å². The standard InChI is InChI=1S/C21H16N2O4S/c24-21(27-15-16-9-3-1-4-10-16)20-22-18-13-7-8-14-19(18)23(20)28(25,26)17-11-5-2-6-12-17/h1-14H,15H2. The quantitative estimate of drug-likeness (QED) is 0.485. The van der Waals surface area contributed by atoms with Crippen molar-refractivity contribution < 1.29 is 17.9 Å². The highest BCUT2D eigenvalue weighted by molar-refractivity contribution is 7.90. The lowest BCUT2D eigenvalue weighted by molar-refractivity contribution is 0.0458. The minimum absolute atomic E-state index is 0.0221. The molecule has 4 aromatic rings. The first-order chi connectivity index (χ1) is 13.6. The van der Waals surface area contributed by atoms with Gasteiger partial charge >= 0.3 is 5.97 Å². The second-order valence-corrected chi connectivity index (χ2v) is 7.86. The molecule has 0 atom stereocenters. The molecule has 0 aliphatic rings. The molecule has 140 valence electrons. The van der Waals surface area contributed by atoms with Crippen LogP contribution in [0.1, 0.15) is 16.2 Å². The third-order valence-electron chi connectivity index (χ3n) is 4.20. The van der Waals surface area contributed by atoms with Crippen molar-refractivity contribution in [3.05, 3.63) is 96.3 Å². The summed E-state index contributed by atoms with van der Waals surface area (Å²) in [6.07, 6.45) is 0. The van der Waals surface area contributed by atoms with Crippen LogP contribution in [0, 0.1) is 0 Å². The fourth-order valence-electron chi connectivity index (χ4n) is 2.86. The van der Waals surface area contributed by atoms with E-state index in [0.717, 1.165) is 9.54 Å². The third-order valence-corrected chi connectivity index (χ3v) is 5.91. The summed E-state index contributed by atoms with van der Waals surface area (Å²) in [6.45, 7) is 0.0221. The van der Waals surface area contributed by atoms with E-state index in [1.54, 1.807) is 42.5 Å². The molecule has 0 N–H and O–H groups in total. The maximum absolute atomic E-state index is 13.2. The lowest BCUT2D eigenvalue weighted by Crippen LogP contribution is -2.20. The summed E-state index contributed by atoms with van der Waals surface area (Å²) >= 11 is 0. The molecule has 6 nitrogen and oxygen atoms in total. The highest BCUT2D eigenvalue weighted by Crippen LogP contribution is 2.24. The van der Waals surface area contributed by atoms with Gasteiger partial charge in [-0.3, -0.25) is 0 Å². The molecule has 0 fully saturated rings. The number of carbonyl (C=O) groups excluding carboxylic acids is 1. The maximum atomic E-state index is 13.2. The van der Waals surface area contributed by atoms with E-state index in [1.807, 2.05) is 30.3 Å². The number of hydrogen-bond acceptors (Lipinski definition) is 5. The van der Waals surface area contributed by atoms with Gasteiger partial charge in [0.05, 0.1) is 15.9 Å². The van der Waals surface area contributed by atoms with Gasteiger partial charge in [-0.25, -0.2) is 22.2 Å². The smallest absolute Gasteiger partial charge is 0.375 e. The molecule has 28 heavy (non-hydrogen) atoms. The number of aromatic nitrogens is 2. The Balaban J connectivity index is 1.79. The number of imidazole rings is 1. The predicted molar refractivity (Wildman–Crippen MR) is 104 cm³/mol. The molecule has 0 unspecified atom stereocenters. The molecule has 4 rings (SSSR count). The van der Waals surface area contributed by atoms with Gasteiger partial charge in [0, 0.05) is 0 Å². The molecular formula is C21H16N2O4S. The van der Waals surface area contributed by atoms with E-state index < -0.39 is 16.0 Å². The Labute approximate surface area is 162 Å². The zero-order valence-electron chi connectivity index (χ0n) is 14.7. The molecule has 0 aliphatic heterocycles. The number of nitrogens with zero attached hydrogens (tertiary/aromatic N) is 2. The minimum Gasteiger partial charge on any atom is -0.455 e. The second kappa shape index (κ2) is 7.28. The van der Waals surface area contributed by atoms with Gasteiger partial charge in [0.15, 0.2) is 0 Å². The van der Waals surface area contributed by atoms with Gasteiger partial charge in [-0.2, -0.15) is 0 Å². The zero-order valence-corrected chi connectivity index (χ0v) is 15.5. The summed E-state index contributed by atoms with van der Waals surface area (Å²) in [5.74, 6) is -1.08. The van der Waals surface area contributed by atoms with Gasteiger partial charge in [0.2, 0.25) is 5.82 Å². The number of rotatable bonds is 5. The highest BCUT2D eigenvalue weighted by Gasteiger charge is 2.28. The molecule has 0 amide bonds. The molecule has 3 aromatic carbocycles. The fourth-order valence-corrected chi connectivity index (χ4v) is 4.33. The van der Waals surface area contributed by atoms with Crippen molar-refractivity contribution >= 4 is 27.0 Å². The van der Waals surface area contributed by atoms with E-state index in [9.17, 15) is 13.2 Å². The molecule has 0 bridgehead atoms. The van der Waals surface area contributed by atoms with Crippen molar-refractivity contribution in [2.24, 2.45) is 0 Å². The molecule has 0 spiro atoms. The first kappa shape index (κ1) is 17.9. The molecule has 1 heterocycles. The monoisotopic (exact) mass is 392 g/mol. The van der Waals surface area contributed by atoms with Crippen LogP contribution in [0.2, 0.25) is 0 Å². The molecule has 0 saturated carbocycles. The van der Waals surface area contributed by atoms with Gasteiger partial charge < -0.3 is 4.74 Å². The number of ether oxygens (including phenoxy) is 1. The molecule has 1 aromatic heterocycles. The van der Waals surface area contributed by atoms with Gasteiger partial charge in [0.25, 0.3) is 10.0 Å². The summed E-state index contributed by atoms with van der Waals surface area (Å²) in [5.41, 5.74) is 1.51. The second-order valence-electron chi connectivity index (χ2n) is 6.07. The van der Waals surface area contributed by atoms with E-state index in [-0.39, 0.29) is 17.3 Å². The summed E-state index contributed by atoms with van der Waals surface area (Å²) in [6, 6.07) is 23.8. The number of carbonyl (C=O) groups is 1. The average molecular weight is 392 g/mol. The van der Waals surface area contributed by atoms with Crippen LogP contribution in [-0.2, 0) is 21.4 Å². The van der Waals surface area contributed by atoms with Crippen molar-refractivity contribution in [2.75, 3.05) is 0 Å². The molecule has 0 radical (unpaired) electrons. The van der Waals surface area contributed by atoms with Crippen molar-refractivity contribution in [1.29, 1.82) is 0 Å². The van der Waals surface area contributed by atoms with Crippen LogP contribution in [0.3, 0.4) is 0 Å². The normalized spacial score (nSPS) is 11.4. The van der Waals surface area contributed by atoms with E-state index >= 15 is 0 Å². The maximum Gasteiger partial charge on any atom is 0.375 e. The lowest BCUT2D eigenvalue weighted by atomic mass is 10.2. The Hall–Kier alpha value is -3.45. The number of fused-ring (bicyclic) bond motifs is 1. The Morgan fingerprint density at radius 3 is 2.18 bits per heavy atom. The lowest BCUT2D eigenvalue weighted by Gasteiger charge is -2.10. The van der Waals surface area contributed by atoms with Crippen LogP contribution in [0.25, 0.3) is 11.0 Å². The number of esters is 1. The van der Waals surface area contributed by atoms with Crippen LogP contribution < -0.4 is 0 Å². The average Bonchev–Trinajstić information content (AvgIpc) is 3.14. The topological polar surface area (TPSA) is 78.3 Å². The number of para-hydroxylation sites is 2. The Morgan fingerprint density at radius 2 is 1.46 bits per heavy atom. The zero-order chi connectivity index (χ0) is 19.6. The van der Waals surface area contributed by atoms with Gasteiger partial charge in [-0.05, 0) is 29.8 Å². The summed E-state index contributed by atoms with van der Waals surface area (Å²) in [4.78, 5) is 17.0. The van der Waals surface area contributed by atoms with Gasteiger partial charge in [-0.15, -0.1) is 0 Å². The first-order valence-corrected chi connectivity index (χ1v) is 10.0. The Bertz CT molecular complexity index is 1230. The summed E-state index contributed by atoms with van der Waals surface area (Å²) < 4.78 is 32.7. The minimum atomic E-state index is -4.03. The van der Waals surface area contributed by atoms with Crippen molar-refractivity contribution in [1.82, 2.24) is 8.96 Å². The molecular weight excluding hydrogens is 376 g/mol. The first-order valence-electron chi connectivity index (χ1n) is 8.56. The summed E-state index contributed by atoms with van der Waals surface area (Å²) in [5, 5.41) is 0. The highest BCUT2D eigenvalue weighted by atomic mass is 32.2. The van der Waals surface area contributed by atoms with Gasteiger partial charge in [0.1, 0.15) is 6.61 Å². The van der Waals surface area contributed by atoms with Gasteiger partial charge in [-0.1, -0.05) is 60.7 Å². The van der Waals surface area contributed by atoms with Crippen LogP contribution >= 0.6 is 0 Å². The van der Waals surface area contributed by atoms with Crippen molar-refractivity contribution in [2.45, 2.75) is 11.5 Å². The SMILES string of the molecule is O=C(OCc1ccccc1)c1nc2ccccc2n1S(=O)(=O)c1ccccc1. The van der Waals surface area contributed by atoms with Crippen LogP contribution in [0.15, 0.2) is 89.8 Å². The van der Waals surface area contributed by atoms with E-state index in [2.05, 4.69) is 4.98 Å². The van der Waals surface area contributed by atoms with Crippen molar-refractivity contribution in [3.8, 4) is 0 Å². The number of hydrogen-bond donors (Lipinski definition) is 0. The Morgan fingerprint density at radius 1 is 0.857 bits per heavy atom. The molecule has 7 heteroatoms. The third kappa shape index (κ3) is 3.27. The molecule has 0 saturated heterocycles. The van der Waals surface area contributed by atoms with E-state index in [4.69, 9.17) is 4.74 Å². The predicted octanol–water partition coefficient (Wildman–Crippen LogP) is 3.63. The molecule has 0 aliphatic carbocycles. The van der Waals surface area contributed by atoms with Crippen LogP contribution in [0.5, 0.6) is 0 Å². The van der Waals surface area contributed by atoms with E-state index in [1.165, 1.54) is 12.1 Å². The number of benzene rings is 3. The summed E-state index contributed by atoms with van der Waals surface area (Å²) in [7, 11) is -4.03. The van der Waals surface area contributed by atoms with Crippen molar-refractivity contribution in [3.63, 3.8) is 0 Å².